The number of rotatable bonds is 2. The molecule has 3 aromatic heterocycles. The average Bonchev–Trinajstić information content (AvgIpc) is 2.98. The zero-order valence-electron chi connectivity index (χ0n) is 11.4. The topological polar surface area (TPSA) is 63.7 Å². The number of hydrogen-bond donors (Lipinski definition) is 1. The van der Waals surface area contributed by atoms with Crippen molar-refractivity contribution in [2.75, 3.05) is 7.11 Å². The van der Waals surface area contributed by atoms with Crippen LogP contribution in [0.2, 0.25) is 0 Å². The Morgan fingerprint density at radius 2 is 2.00 bits per heavy atom. The second-order valence-electron chi connectivity index (χ2n) is 4.72. The van der Waals surface area contributed by atoms with E-state index in [0.29, 0.717) is 5.88 Å². The summed E-state index contributed by atoms with van der Waals surface area (Å²) in [5.41, 5.74) is 3.92. The molecule has 3 heterocycles. The number of pyridine rings is 1. The molecule has 21 heavy (non-hydrogen) atoms. The maximum atomic E-state index is 5.32. The summed E-state index contributed by atoms with van der Waals surface area (Å²) < 4.78 is 5.32. The van der Waals surface area contributed by atoms with Crippen LogP contribution >= 0.6 is 0 Å². The third-order valence-corrected chi connectivity index (χ3v) is 3.55. The molecule has 0 saturated heterocycles. The molecule has 0 bridgehead atoms. The van der Waals surface area contributed by atoms with Crippen LogP contribution in [-0.2, 0) is 0 Å². The van der Waals surface area contributed by atoms with E-state index in [2.05, 4.69) is 26.0 Å². The number of methoxy groups -OCH3 is 1. The lowest BCUT2D eigenvalue weighted by Crippen LogP contribution is -1.91. The lowest BCUT2D eigenvalue weighted by atomic mass is 10.0. The van der Waals surface area contributed by atoms with E-state index in [9.17, 15) is 0 Å². The fourth-order valence-corrected chi connectivity index (χ4v) is 2.56. The average molecular weight is 276 g/mol. The van der Waals surface area contributed by atoms with E-state index in [1.165, 1.54) is 6.33 Å². The smallest absolute Gasteiger partial charge is 0.224 e. The molecule has 0 atom stereocenters. The van der Waals surface area contributed by atoms with E-state index in [0.717, 1.165) is 33.1 Å². The van der Waals surface area contributed by atoms with Gasteiger partial charge in [0.1, 0.15) is 12.0 Å². The van der Waals surface area contributed by atoms with Crippen molar-refractivity contribution in [3.05, 3.63) is 49.1 Å². The molecule has 0 saturated carbocycles. The highest BCUT2D eigenvalue weighted by Crippen LogP contribution is 2.31. The fraction of sp³-hybridized carbons (Fsp3) is 0.0625. The number of aromatic amines is 1. The van der Waals surface area contributed by atoms with Crippen LogP contribution in [0, 0.1) is 0 Å². The molecule has 1 N–H and O–H groups in total. The normalized spacial score (nSPS) is 11.1. The van der Waals surface area contributed by atoms with E-state index in [1.54, 1.807) is 13.3 Å². The van der Waals surface area contributed by atoms with Crippen LogP contribution in [0.15, 0.2) is 49.1 Å². The molecule has 0 radical (unpaired) electrons. The summed E-state index contributed by atoms with van der Waals surface area (Å²) in [4.78, 5) is 15.9. The zero-order valence-corrected chi connectivity index (χ0v) is 11.4. The molecule has 1 aromatic carbocycles. The van der Waals surface area contributed by atoms with Crippen molar-refractivity contribution >= 4 is 21.9 Å². The van der Waals surface area contributed by atoms with Crippen LogP contribution < -0.4 is 4.74 Å². The minimum atomic E-state index is 0.583. The Kier molecular flexibility index (Phi) is 2.57. The Morgan fingerprint density at radius 1 is 1.05 bits per heavy atom. The summed E-state index contributed by atoms with van der Waals surface area (Å²) in [5.74, 6) is 0.583. The van der Waals surface area contributed by atoms with E-state index < -0.39 is 0 Å². The van der Waals surface area contributed by atoms with E-state index in [1.807, 2.05) is 30.5 Å². The van der Waals surface area contributed by atoms with Crippen molar-refractivity contribution in [1.29, 1.82) is 0 Å². The molecule has 102 valence electrons. The van der Waals surface area contributed by atoms with E-state index in [4.69, 9.17) is 4.74 Å². The Balaban J connectivity index is 1.98. The number of benzene rings is 1. The molecule has 4 rings (SSSR count). The highest BCUT2D eigenvalue weighted by atomic mass is 16.5. The molecular weight excluding hydrogens is 264 g/mol. The van der Waals surface area contributed by atoms with Crippen molar-refractivity contribution in [2.45, 2.75) is 0 Å². The van der Waals surface area contributed by atoms with Crippen LogP contribution in [-0.4, -0.2) is 27.0 Å². The molecule has 0 amide bonds. The highest BCUT2D eigenvalue weighted by molar-refractivity contribution is 5.97. The predicted octanol–water partition coefficient (Wildman–Crippen LogP) is 3.18. The van der Waals surface area contributed by atoms with Crippen molar-refractivity contribution < 1.29 is 4.74 Å². The summed E-state index contributed by atoms with van der Waals surface area (Å²) in [5, 5.41) is 1.99. The first-order chi connectivity index (χ1) is 10.4. The van der Waals surface area contributed by atoms with Gasteiger partial charge in [-0.2, -0.15) is 0 Å². The Hall–Kier alpha value is -2.95. The highest BCUT2D eigenvalue weighted by Gasteiger charge is 2.09. The van der Waals surface area contributed by atoms with Gasteiger partial charge in [-0.25, -0.2) is 15.0 Å². The molecule has 0 aliphatic heterocycles. The Morgan fingerprint density at radius 3 is 2.90 bits per heavy atom. The van der Waals surface area contributed by atoms with Gasteiger partial charge in [-0.3, -0.25) is 0 Å². The maximum Gasteiger partial charge on any atom is 0.224 e. The quantitative estimate of drug-likeness (QED) is 0.610. The van der Waals surface area contributed by atoms with Crippen molar-refractivity contribution in [2.24, 2.45) is 0 Å². The lowest BCUT2D eigenvalue weighted by molar-refractivity contribution is 0.402. The third-order valence-electron chi connectivity index (χ3n) is 3.55. The van der Waals surface area contributed by atoms with Gasteiger partial charge in [0.2, 0.25) is 5.88 Å². The van der Waals surface area contributed by atoms with Crippen LogP contribution in [0.3, 0.4) is 0 Å². The van der Waals surface area contributed by atoms with Gasteiger partial charge in [0.15, 0.2) is 0 Å². The summed E-state index contributed by atoms with van der Waals surface area (Å²) in [6, 6.07) is 10.1. The van der Waals surface area contributed by atoms with Gasteiger partial charge in [0.25, 0.3) is 0 Å². The van der Waals surface area contributed by atoms with Crippen LogP contribution in [0.4, 0.5) is 0 Å². The van der Waals surface area contributed by atoms with Crippen molar-refractivity contribution in [3.8, 4) is 17.0 Å². The third kappa shape index (κ3) is 1.82. The number of nitrogens with zero attached hydrogens (tertiary/aromatic N) is 3. The zero-order chi connectivity index (χ0) is 14.2. The van der Waals surface area contributed by atoms with Gasteiger partial charge in [-0.15, -0.1) is 0 Å². The number of ether oxygens (including phenoxy) is 1. The summed E-state index contributed by atoms with van der Waals surface area (Å²) in [7, 11) is 1.62. The van der Waals surface area contributed by atoms with Gasteiger partial charge >= 0.3 is 0 Å². The van der Waals surface area contributed by atoms with Crippen molar-refractivity contribution in [1.82, 2.24) is 19.9 Å². The number of aromatic nitrogens is 4. The van der Waals surface area contributed by atoms with Crippen LogP contribution in [0.25, 0.3) is 33.1 Å². The molecule has 0 aliphatic carbocycles. The number of fused-ring (bicyclic) bond motifs is 2. The van der Waals surface area contributed by atoms with Gasteiger partial charge in [0.05, 0.1) is 18.0 Å². The SMILES string of the molecule is COc1ncnc2ccc(-c3c[nH]c4ncccc34)cc12. The summed E-state index contributed by atoms with van der Waals surface area (Å²) in [6.07, 6.45) is 5.26. The molecule has 4 aromatic rings. The fourth-order valence-electron chi connectivity index (χ4n) is 2.56. The lowest BCUT2D eigenvalue weighted by Gasteiger charge is -2.05. The molecule has 5 nitrogen and oxygen atoms in total. The monoisotopic (exact) mass is 276 g/mol. The predicted molar refractivity (Wildman–Crippen MR) is 81.2 cm³/mol. The second-order valence-corrected chi connectivity index (χ2v) is 4.72. The number of H-pyrrole nitrogens is 1. The summed E-state index contributed by atoms with van der Waals surface area (Å²) in [6.45, 7) is 0. The Labute approximate surface area is 120 Å². The van der Waals surface area contributed by atoms with Gasteiger partial charge in [-0.05, 0) is 29.8 Å². The largest absolute Gasteiger partial charge is 0.480 e. The molecule has 0 aliphatic rings. The minimum absolute atomic E-state index is 0.583. The molecule has 0 spiro atoms. The Bertz CT molecular complexity index is 945. The first-order valence-corrected chi connectivity index (χ1v) is 6.58. The molecule has 0 unspecified atom stereocenters. The van der Waals surface area contributed by atoms with Crippen LogP contribution in [0.5, 0.6) is 5.88 Å². The first kappa shape index (κ1) is 11.8. The molecule has 5 heteroatoms. The summed E-state index contributed by atoms with van der Waals surface area (Å²) >= 11 is 0. The van der Waals surface area contributed by atoms with E-state index >= 15 is 0 Å². The second kappa shape index (κ2) is 4.56. The number of hydrogen-bond acceptors (Lipinski definition) is 4. The maximum absolute atomic E-state index is 5.32. The van der Waals surface area contributed by atoms with Gasteiger partial charge in [-0.1, -0.05) is 6.07 Å². The molecule has 0 fully saturated rings. The van der Waals surface area contributed by atoms with Gasteiger partial charge < -0.3 is 9.72 Å². The minimum Gasteiger partial charge on any atom is -0.480 e. The standard InChI is InChI=1S/C16H12N4O/c1-21-16-12-7-10(4-5-14(12)19-9-20-16)13-8-18-15-11(13)3-2-6-17-15/h2-9H,1H3,(H,17,18). The van der Waals surface area contributed by atoms with E-state index in [-0.39, 0.29) is 0 Å². The molecular formula is C16H12N4O. The van der Waals surface area contributed by atoms with Gasteiger partial charge in [0, 0.05) is 23.3 Å². The van der Waals surface area contributed by atoms with Crippen molar-refractivity contribution in [3.63, 3.8) is 0 Å². The number of nitrogens with one attached hydrogen (secondary N) is 1. The van der Waals surface area contributed by atoms with Crippen LogP contribution in [0.1, 0.15) is 0 Å². The first-order valence-electron chi connectivity index (χ1n) is 6.58.